The number of pyridine rings is 2. The number of likely N-dealkylation sites (N-methyl/N-ethyl adjacent to an activating group) is 1. The quantitative estimate of drug-likeness (QED) is 0.706. The van der Waals surface area contributed by atoms with E-state index in [4.69, 9.17) is 14.7 Å². The van der Waals surface area contributed by atoms with Gasteiger partial charge in [0.05, 0.1) is 12.3 Å². The average Bonchev–Trinajstić information content (AvgIpc) is 2.67. The summed E-state index contributed by atoms with van der Waals surface area (Å²) in [5.41, 5.74) is 6.50. The SMILES string of the molecule is COCc1cc(C2CCCN(C)C2)nc2nc(-c3c(C)cc(C)cc3O)ccc12. The maximum atomic E-state index is 10.5. The molecule has 1 atom stereocenters. The number of aryl methyl sites for hydroxylation is 2. The summed E-state index contributed by atoms with van der Waals surface area (Å²) < 4.78 is 5.46. The van der Waals surface area contributed by atoms with Crippen molar-refractivity contribution in [2.75, 3.05) is 27.2 Å². The Bertz CT molecular complexity index is 1020. The van der Waals surface area contributed by atoms with Gasteiger partial charge in [-0.05, 0) is 81.2 Å². The summed E-state index contributed by atoms with van der Waals surface area (Å²) >= 11 is 0. The minimum atomic E-state index is 0.261. The van der Waals surface area contributed by atoms with Crippen LogP contribution in [-0.4, -0.2) is 47.2 Å². The maximum Gasteiger partial charge on any atom is 0.160 e. The van der Waals surface area contributed by atoms with Crippen molar-refractivity contribution in [2.45, 2.75) is 39.2 Å². The number of methoxy groups -OCH3 is 1. The molecule has 152 valence electrons. The van der Waals surface area contributed by atoms with Gasteiger partial charge in [-0.2, -0.15) is 0 Å². The second kappa shape index (κ2) is 8.09. The lowest BCUT2D eigenvalue weighted by Crippen LogP contribution is -2.31. The molecule has 5 nitrogen and oxygen atoms in total. The molecule has 1 saturated heterocycles. The van der Waals surface area contributed by atoms with Crippen LogP contribution in [0.1, 0.15) is 41.1 Å². The third-order valence-electron chi connectivity index (χ3n) is 5.84. The maximum absolute atomic E-state index is 10.5. The third-order valence-corrected chi connectivity index (χ3v) is 5.84. The molecule has 1 fully saturated rings. The van der Waals surface area contributed by atoms with Gasteiger partial charge in [0.2, 0.25) is 0 Å². The molecule has 5 heteroatoms. The smallest absolute Gasteiger partial charge is 0.160 e. The Morgan fingerprint density at radius 3 is 2.72 bits per heavy atom. The number of hydrogen-bond acceptors (Lipinski definition) is 5. The molecule has 1 aromatic carbocycles. The lowest BCUT2D eigenvalue weighted by Gasteiger charge is -2.29. The zero-order valence-electron chi connectivity index (χ0n) is 17.7. The molecule has 0 bridgehead atoms. The van der Waals surface area contributed by atoms with Crippen LogP contribution in [0, 0.1) is 13.8 Å². The highest BCUT2D eigenvalue weighted by Crippen LogP contribution is 2.34. The zero-order chi connectivity index (χ0) is 20.5. The normalized spacial score (nSPS) is 17.7. The van der Waals surface area contributed by atoms with Gasteiger partial charge in [-0.15, -0.1) is 0 Å². The van der Waals surface area contributed by atoms with Crippen molar-refractivity contribution < 1.29 is 9.84 Å². The summed E-state index contributed by atoms with van der Waals surface area (Å²) in [5.74, 6) is 0.672. The molecule has 2 aromatic heterocycles. The molecular weight excluding hydrogens is 362 g/mol. The van der Waals surface area contributed by atoms with E-state index in [9.17, 15) is 5.11 Å². The molecule has 3 heterocycles. The van der Waals surface area contributed by atoms with Crippen LogP contribution in [0.3, 0.4) is 0 Å². The predicted molar refractivity (Wildman–Crippen MR) is 116 cm³/mol. The van der Waals surface area contributed by atoms with Crippen LogP contribution < -0.4 is 0 Å². The van der Waals surface area contributed by atoms with Crippen LogP contribution in [-0.2, 0) is 11.3 Å². The molecule has 1 N–H and O–H groups in total. The van der Waals surface area contributed by atoms with Gasteiger partial charge in [0.15, 0.2) is 5.65 Å². The fraction of sp³-hybridized carbons (Fsp3) is 0.417. The first-order valence-corrected chi connectivity index (χ1v) is 10.2. The molecule has 1 unspecified atom stereocenters. The summed E-state index contributed by atoms with van der Waals surface area (Å²) in [6.07, 6.45) is 2.33. The first-order chi connectivity index (χ1) is 14.0. The minimum absolute atomic E-state index is 0.261. The van der Waals surface area contributed by atoms with Crippen LogP contribution in [0.4, 0.5) is 0 Å². The number of nitrogens with zero attached hydrogens (tertiary/aromatic N) is 3. The number of aromatic nitrogens is 2. The number of phenols is 1. The van der Waals surface area contributed by atoms with Gasteiger partial charge in [0, 0.05) is 36.2 Å². The molecule has 29 heavy (non-hydrogen) atoms. The Morgan fingerprint density at radius 2 is 2.00 bits per heavy atom. The Labute approximate surface area is 172 Å². The lowest BCUT2D eigenvalue weighted by atomic mass is 9.93. The molecule has 0 amide bonds. The van der Waals surface area contributed by atoms with Gasteiger partial charge in [-0.3, -0.25) is 0 Å². The molecular formula is C24H29N3O2. The highest BCUT2D eigenvalue weighted by Gasteiger charge is 2.22. The lowest BCUT2D eigenvalue weighted by molar-refractivity contribution is 0.185. The van der Waals surface area contributed by atoms with E-state index < -0.39 is 0 Å². The topological polar surface area (TPSA) is 58.5 Å². The fourth-order valence-electron chi connectivity index (χ4n) is 4.50. The van der Waals surface area contributed by atoms with Crippen LogP contribution in [0.5, 0.6) is 5.75 Å². The van der Waals surface area contributed by atoms with Crippen molar-refractivity contribution in [2.24, 2.45) is 0 Å². The number of likely N-dealkylation sites (tertiary alicyclic amines) is 1. The van der Waals surface area contributed by atoms with Crippen molar-refractivity contribution >= 4 is 11.0 Å². The summed E-state index contributed by atoms with van der Waals surface area (Å²) in [7, 11) is 3.89. The van der Waals surface area contributed by atoms with Crippen LogP contribution in [0.2, 0.25) is 0 Å². The second-order valence-corrected chi connectivity index (χ2v) is 8.28. The van der Waals surface area contributed by atoms with E-state index in [1.165, 1.54) is 6.42 Å². The number of rotatable bonds is 4. The number of phenolic OH excluding ortho intramolecular Hbond substituents is 1. The number of fused-ring (bicyclic) bond motifs is 1. The number of benzene rings is 1. The van der Waals surface area contributed by atoms with Gasteiger partial charge in [0.1, 0.15) is 5.75 Å². The Balaban J connectivity index is 1.85. The van der Waals surface area contributed by atoms with Crippen molar-refractivity contribution in [1.29, 1.82) is 0 Å². The molecule has 4 rings (SSSR count). The predicted octanol–water partition coefficient (Wildman–Crippen LogP) is 4.57. The summed E-state index contributed by atoms with van der Waals surface area (Å²) in [5, 5.41) is 11.5. The standard InChI is InChI=1S/C24H29N3O2/c1-15-10-16(2)23(22(28)11-15)20-8-7-19-18(14-29-4)12-21(26-24(19)25-20)17-6-5-9-27(3)13-17/h7-8,10-12,17,28H,5-6,9,13-14H2,1-4H3. The average molecular weight is 392 g/mol. The van der Waals surface area contributed by atoms with Crippen molar-refractivity contribution in [3.05, 3.63) is 52.7 Å². The molecule has 0 saturated carbocycles. The number of piperidine rings is 1. The molecule has 3 aromatic rings. The van der Waals surface area contributed by atoms with E-state index in [0.717, 1.165) is 64.2 Å². The summed E-state index contributed by atoms with van der Waals surface area (Å²) in [4.78, 5) is 12.2. The van der Waals surface area contributed by atoms with E-state index in [-0.39, 0.29) is 5.75 Å². The van der Waals surface area contributed by atoms with Crippen LogP contribution >= 0.6 is 0 Å². The van der Waals surface area contributed by atoms with Crippen molar-refractivity contribution in [1.82, 2.24) is 14.9 Å². The fourth-order valence-corrected chi connectivity index (χ4v) is 4.50. The van der Waals surface area contributed by atoms with Crippen LogP contribution in [0.15, 0.2) is 30.3 Å². The van der Waals surface area contributed by atoms with Crippen molar-refractivity contribution in [3.8, 4) is 17.0 Å². The Hall–Kier alpha value is -2.50. The Kier molecular flexibility index (Phi) is 5.52. The minimum Gasteiger partial charge on any atom is -0.507 e. The molecule has 0 aliphatic carbocycles. The van der Waals surface area contributed by atoms with Crippen LogP contribution in [0.25, 0.3) is 22.3 Å². The first-order valence-electron chi connectivity index (χ1n) is 10.2. The van der Waals surface area contributed by atoms with E-state index in [1.54, 1.807) is 13.2 Å². The van der Waals surface area contributed by atoms with E-state index in [0.29, 0.717) is 12.5 Å². The molecule has 1 aliphatic heterocycles. The highest BCUT2D eigenvalue weighted by molar-refractivity contribution is 5.83. The Morgan fingerprint density at radius 1 is 1.17 bits per heavy atom. The van der Waals surface area contributed by atoms with E-state index in [1.807, 2.05) is 19.9 Å². The number of ether oxygens (including phenoxy) is 1. The van der Waals surface area contributed by atoms with Gasteiger partial charge < -0.3 is 14.7 Å². The van der Waals surface area contributed by atoms with Gasteiger partial charge in [-0.25, -0.2) is 9.97 Å². The first kappa shape index (κ1) is 19.8. The van der Waals surface area contributed by atoms with E-state index >= 15 is 0 Å². The third kappa shape index (κ3) is 3.98. The zero-order valence-corrected chi connectivity index (χ0v) is 17.7. The second-order valence-electron chi connectivity index (χ2n) is 8.28. The van der Waals surface area contributed by atoms with Gasteiger partial charge >= 0.3 is 0 Å². The molecule has 0 radical (unpaired) electrons. The molecule has 1 aliphatic rings. The number of hydrogen-bond donors (Lipinski definition) is 1. The molecule has 0 spiro atoms. The summed E-state index contributed by atoms with van der Waals surface area (Å²) in [6, 6.07) is 10.1. The van der Waals surface area contributed by atoms with Gasteiger partial charge in [-0.1, -0.05) is 6.07 Å². The number of aromatic hydroxyl groups is 1. The monoisotopic (exact) mass is 391 g/mol. The largest absolute Gasteiger partial charge is 0.507 e. The summed E-state index contributed by atoms with van der Waals surface area (Å²) in [6.45, 7) is 6.68. The highest BCUT2D eigenvalue weighted by atomic mass is 16.5. The van der Waals surface area contributed by atoms with E-state index in [2.05, 4.69) is 30.1 Å². The van der Waals surface area contributed by atoms with Crippen molar-refractivity contribution in [3.63, 3.8) is 0 Å². The van der Waals surface area contributed by atoms with Gasteiger partial charge in [0.25, 0.3) is 0 Å².